The summed E-state index contributed by atoms with van der Waals surface area (Å²) in [6, 6.07) is 7.07. The molecule has 0 bridgehead atoms. The van der Waals surface area contributed by atoms with Crippen LogP contribution in [0.2, 0.25) is 0 Å². The Bertz CT molecular complexity index is 741. The number of nitrogens with one attached hydrogen (secondary N) is 2. The molecule has 0 aromatic heterocycles. The number of benzene rings is 2. The minimum Gasteiger partial charge on any atom is -0.307 e. The standard InChI is InChI=1S/C14H12N4O2/c1-17-9-5-3-7-11-8(16-13(19)15-7)4-6-10(12(9)11)18(2)14(17)20/h3-6H,1-2H3,(H2,15,16,19). The second-order valence-corrected chi connectivity index (χ2v) is 4.99. The van der Waals surface area contributed by atoms with Crippen molar-refractivity contribution in [1.29, 1.82) is 0 Å². The summed E-state index contributed by atoms with van der Waals surface area (Å²) < 4.78 is 0. The lowest BCUT2D eigenvalue weighted by atomic mass is 9.99. The van der Waals surface area contributed by atoms with Crippen LogP contribution in [0.4, 0.5) is 32.3 Å². The first-order chi connectivity index (χ1) is 9.58. The molecule has 4 amide bonds. The number of carbonyl (C=O) groups excluding carboxylic acids is 2. The van der Waals surface area contributed by atoms with Crippen molar-refractivity contribution in [3.05, 3.63) is 24.3 Å². The Balaban J connectivity index is 2.16. The van der Waals surface area contributed by atoms with Crippen LogP contribution in [-0.2, 0) is 0 Å². The van der Waals surface area contributed by atoms with Gasteiger partial charge in [-0.2, -0.15) is 0 Å². The number of nitrogens with zero attached hydrogens (tertiary/aromatic N) is 2. The van der Waals surface area contributed by atoms with Crippen molar-refractivity contribution in [3.8, 4) is 0 Å². The molecule has 0 saturated heterocycles. The van der Waals surface area contributed by atoms with Gasteiger partial charge in [-0.05, 0) is 24.3 Å². The molecule has 2 heterocycles. The number of urea groups is 2. The Kier molecular flexibility index (Phi) is 1.89. The van der Waals surface area contributed by atoms with E-state index in [2.05, 4.69) is 10.6 Å². The van der Waals surface area contributed by atoms with E-state index in [0.717, 1.165) is 33.5 Å². The summed E-state index contributed by atoms with van der Waals surface area (Å²) in [6.07, 6.45) is 0. The summed E-state index contributed by atoms with van der Waals surface area (Å²) in [5.41, 5.74) is 3.23. The van der Waals surface area contributed by atoms with Crippen molar-refractivity contribution in [3.63, 3.8) is 0 Å². The first-order valence-electron chi connectivity index (χ1n) is 6.27. The van der Waals surface area contributed by atoms with Gasteiger partial charge in [0.2, 0.25) is 0 Å². The van der Waals surface area contributed by atoms with Gasteiger partial charge in [-0.25, -0.2) is 9.59 Å². The molecule has 0 aliphatic carbocycles. The van der Waals surface area contributed by atoms with Crippen LogP contribution >= 0.6 is 0 Å². The van der Waals surface area contributed by atoms with Crippen LogP contribution in [0.1, 0.15) is 0 Å². The van der Waals surface area contributed by atoms with Gasteiger partial charge in [-0.3, -0.25) is 9.80 Å². The topological polar surface area (TPSA) is 64.7 Å². The number of anilines is 4. The van der Waals surface area contributed by atoms with Gasteiger partial charge in [-0.1, -0.05) is 0 Å². The molecule has 0 radical (unpaired) electrons. The number of hydrogen-bond donors (Lipinski definition) is 2. The largest absolute Gasteiger partial charge is 0.328 e. The molecule has 2 aromatic carbocycles. The first-order valence-corrected chi connectivity index (χ1v) is 6.27. The van der Waals surface area contributed by atoms with Crippen molar-refractivity contribution in [2.45, 2.75) is 0 Å². The molecule has 4 rings (SSSR count). The van der Waals surface area contributed by atoms with E-state index in [1.165, 1.54) is 0 Å². The highest BCUT2D eigenvalue weighted by Gasteiger charge is 2.30. The average Bonchev–Trinajstić information content (AvgIpc) is 2.44. The minimum absolute atomic E-state index is 0.0756. The van der Waals surface area contributed by atoms with Gasteiger partial charge in [0.1, 0.15) is 0 Å². The van der Waals surface area contributed by atoms with Gasteiger partial charge in [0, 0.05) is 24.9 Å². The Morgan fingerprint density at radius 2 is 1.30 bits per heavy atom. The zero-order valence-corrected chi connectivity index (χ0v) is 11.0. The van der Waals surface area contributed by atoms with E-state index >= 15 is 0 Å². The second kappa shape index (κ2) is 3.41. The lowest BCUT2D eigenvalue weighted by Crippen LogP contribution is -2.42. The molecule has 6 nitrogen and oxygen atoms in total. The van der Waals surface area contributed by atoms with Crippen molar-refractivity contribution in [2.75, 3.05) is 34.5 Å². The molecule has 2 aliphatic rings. The maximum absolute atomic E-state index is 12.2. The molecule has 100 valence electrons. The van der Waals surface area contributed by atoms with E-state index < -0.39 is 0 Å². The number of carbonyl (C=O) groups is 2. The highest BCUT2D eigenvalue weighted by Crippen LogP contribution is 2.46. The third-order valence-corrected chi connectivity index (χ3v) is 3.91. The SMILES string of the molecule is CN1C(=O)N(C)c2ccc3c4c(ccc1c24)NC(=O)N3. The van der Waals surface area contributed by atoms with E-state index in [1.807, 2.05) is 24.3 Å². The maximum Gasteiger partial charge on any atom is 0.328 e. The summed E-state index contributed by atoms with van der Waals surface area (Å²) in [5.74, 6) is 0. The summed E-state index contributed by atoms with van der Waals surface area (Å²) in [7, 11) is 3.50. The van der Waals surface area contributed by atoms with Crippen molar-refractivity contribution in [1.82, 2.24) is 0 Å². The molecule has 0 atom stereocenters. The number of hydrogen-bond acceptors (Lipinski definition) is 2. The van der Waals surface area contributed by atoms with Crippen LogP contribution in [0.15, 0.2) is 24.3 Å². The maximum atomic E-state index is 12.2. The van der Waals surface area contributed by atoms with Crippen LogP contribution < -0.4 is 20.4 Å². The summed E-state index contributed by atoms with van der Waals surface area (Å²) >= 11 is 0. The predicted octanol–water partition coefficient (Wildman–Crippen LogP) is 2.80. The van der Waals surface area contributed by atoms with Crippen molar-refractivity contribution >= 4 is 45.6 Å². The molecule has 0 saturated carbocycles. The fourth-order valence-corrected chi connectivity index (χ4v) is 2.93. The third kappa shape index (κ3) is 1.18. The zero-order valence-electron chi connectivity index (χ0n) is 11.0. The van der Waals surface area contributed by atoms with Gasteiger partial charge in [-0.15, -0.1) is 0 Å². The lowest BCUT2D eigenvalue weighted by Gasteiger charge is -2.34. The Hall–Kier alpha value is -2.76. The monoisotopic (exact) mass is 268 g/mol. The minimum atomic E-state index is -0.242. The molecule has 2 N–H and O–H groups in total. The Morgan fingerprint density at radius 1 is 0.800 bits per heavy atom. The van der Waals surface area contributed by atoms with Crippen molar-refractivity contribution in [2.24, 2.45) is 0 Å². The average molecular weight is 268 g/mol. The van der Waals surface area contributed by atoms with E-state index in [9.17, 15) is 9.59 Å². The predicted molar refractivity (Wildman–Crippen MR) is 78.8 cm³/mol. The summed E-state index contributed by atoms with van der Waals surface area (Å²) in [6.45, 7) is 0. The normalized spacial score (nSPS) is 16.3. The highest BCUT2D eigenvalue weighted by atomic mass is 16.2. The van der Waals surface area contributed by atoms with Crippen LogP contribution in [0.25, 0.3) is 10.8 Å². The van der Waals surface area contributed by atoms with Gasteiger partial charge < -0.3 is 10.6 Å². The Morgan fingerprint density at radius 3 is 1.80 bits per heavy atom. The first kappa shape index (κ1) is 11.1. The van der Waals surface area contributed by atoms with Gasteiger partial charge in [0.25, 0.3) is 0 Å². The fraction of sp³-hybridized carbons (Fsp3) is 0.143. The van der Waals surface area contributed by atoms with Crippen LogP contribution in [0.5, 0.6) is 0 Å². The number of amides is 4. The quantitative estimate of drug-likeness (QED) is 0.771. The van der Waals surface area contributed by atoms with E-state index in [4.69, 9.17) is 0 Å². The smallest absolute Gasteiger partial charge is 0.307 e. The molecular weight excluding hydrogens is 256 g/mol. The summed E-state index contributed by atoms with van der Waals surface area (Å²) in [4.78, 5) is 27.0. The molecule has 2 aliphatic heterocycles. The fourth-order valence-electron chi connectivity index (χ4n) is 2.93. The van der Waals surface area contributed by atoms with Crippen LogP contribution in [0, 0.1) is 0 Å². The van der Waals surface area contributed by atoms with E-state index in [1.54, 1.807) is 23.9 Å². The molecule has 6 heteroatoms. The Labute approximate surface area is 115 Å². The molecule has 20 heavy (non-hydrogen) atoms. The summed E-state index contributed by atoms with van der Waals surface area (Å²) in [5, 5.41) is 7.50. The molecule has 0 spiro atoms. The lowest BCUT2D eigenvalue weighted by molar-refractivity contribution is 0.253. The zero-order chi connectivity index (χ0) is 14.0. The van der Waals surface area contributed by atoms with Gasteiger partial charge in [0.05, 0.1) is 22.7 Å². The number of rotatable bonds is 0. The molecular formula is C14H12N4O2. The van der Waals surface area contributed by atoms with E-state index in [0.29, 0.717) is 0 Å². The van der Waals surface area contributed by atoms with Crippen LogP contribution in [-0.4, -0.2) is 26.2 Å². The third-order valence-electron chi connectivity index (χ3n) is 3.91. The molecule has 0 unspecified atom stereocenters. The van der Waals surface area contributed by atoms with Crippen LogP contribution in [0.3, 0.4) is 0 Å². The highest BCUT2D eigenvalue weighted by molar-refractivity contribution is 6.27. The molecule has 0 fully saturated rings. The molecule has 2 aromatic rings. The van der Waals surface area contributed by atoms with E-state index in [-0.39, 0.29) is 12.1 Å². The van der Waals surface area contributed by atoms with Gasteiger partial charge in [0.15, 0.2) is 0 Å². The van der Waals surface area contributed by atoms with Crippen molar-refractivity contribution < 1.29 is 9.59 Å². The second-order valence-electron chi connectivity index (χ2n) is 4.99. The van der Waals surface area contributed by atoms with Gasteiger partial charge >= 0.3 is 12.1 Å².